The molecule has 0 atom stereocenters. The quantitative estimate of drug-likeness (QED) is 0.942. The van der Waals surface area contributed by atoms with Crippen molar-refractivity contribution in [2.75, 3.05) is 20.0 Å². The van der Waals surface area contributed by atoms with E-state index in [0.29, 0.717) is 22.1 Å². The molecule has 2 aromatic rings. The fourth-order valence-electron chi connectivity index (χ4n) is 2.01. The van der Waals surface area contributed by atoms with Gasteiger partial charge in [-0.05, 0) is 40.5 Å². The molecule has 0 amide bonds. The summed E-state index contributed by atoms with van der Waals surface area (Å²) in [5.74, 6) is 1.83. The molecule has 0 saturated carbocycles. The summed E-state index contributed by atoms with van der Waals surface area (Å²) >= 11 is 3.44. The molecule has 0 aliphatic rings. The first-order valence-electron chi connectivity index (χ1n) is 5.70. The average molecular weight is 326 g/mol. The topological polar surface area (TPSA) is 62.3 Å². The Balaban J connectivity index is 2.69. The highest BCUT2D eigenvalue weighted by Gasteiger charge is 2.17. The van der Waals surface area contributed by atoms with Crippen LogP contribution in [0.4, 0.5) is 5.95 Å². The van der Waals surface area contributed by atoms with Crippen LogP contribution in [0.2, 0.25) is 0 Å². The Hall–Kier alpha value is -1.69. The molecule has 1 heterocycles. The summed E-state index contributed by atoms with van der Waals surface area (Å²) in [6.07, 6.45) is 0. The van der Waals surface area contributed by atoms with E-state index in [-0.39, 0.29) is 0 Å². The van der Waals surface area contributed by atoms with Gasteiger partial charge in [0.1, 0.15) is 4.60 Å². The van der Waals surface area contributed by atoms with Crippen LogP contribution in [0, 0.1) is 6.92 Å². The number of nitrogen functional groups attached to an aromatic ring is 1. The molecule has 0 fully saturated rings. The van der Waals surface area contributed by atoms with Gasteiger partial charge in [-0.15, -0.1) is 0 Å². The summed E-state index contributed by atoms with van der Waals surface area (Å²) in [7, 11) is 5.11. The Labute approximate surface area is 120 Å². The molecule has 5 nitrogen and oxygen atoms in total. The number of benzene rings is 1. The van der Waals surface area contributed by atoms with Gasteiger partial charge in [-0.1, -0.05) is 0 Å². The minimum Gasteiger partial charge on any atom is -0.493 e. The summed E-state index contributed by atoms with van der Waals surface area (Å²) < 4.78 is 13.2. The first-order valence-corrected chi connectivity index (χ1v) is 6.49. The van der Waals surface area contributed by atoms with Gasteiger partial charge in [0.15, 0.2) is 11.5 Å². The average Bonchev–Trinajstić information content (AvgIpc) is 2.63. The van der Waals surface area contributed by atoms with Crippen molar-refractivity contribution in [2.24, 2.45) is 7.05 Å². The van der Waals surface area contributed by atoms with Crippen LogP contribution in [0.3, 0.4) is 0 Å². The summed E-state index contributed by atoms with van der Waals surface area (Å²) in [4.78, 5) is 4.21. The zero-order chi connectivity index (χ0) is 14.2. The lowest BCUT2D eigenvalue weighted by Gasteiger charge is -2.13. The van der Waals surface area contributed by atoms with E-state index < -0.39 is 0 Å². The van der Waals surface area contributed by atoms with Gasteiger partial charge in [0.05, 0.1) is 19.9 Å². The van der Waals surface area contributed by atoms with Gasteiger partial charge < -0.3 is 19.8 Å². The molecule has 0 bridgehead atoms. The highest BCUT2D eigenvalue weighted by atomic mass is 79.9. The van der Waals surface area contributed by atoms with Crippen LogP contribution in [-0.4, -0.2) is 23.8 Å². The first kappa shape index (κ1) is 13.7. The smallest absolute Gasteiger partial charge is 0.201 e. The molecule has 0 aliphatic carbocycles. The normalized spacial score (nSPS) is 10.6. The van der Waals surface area contributed by atoms with E-state index >= 15 is 0 Å². The third kappa shape index (κ3) is 2.28. The van der Waals surface area contributed by atoms with Crippen LogP contribution >= 0.6 is 15.9 Å². The van der Waals surface area contributed by atoms with Gasteiger partial charge in [0, 0.05) is 12.6 Å². The molecule has 0 radical (unpaired) electrons. The third-order valence-electron chi connectivity index (χ3n) is 3.07. The molecule has 0 saturated heterocycles. The summed E-state index contributed by atoms with van der Waals surface area (Å²) in [6.45, 7) is 2.01. The van der Waals surface area contributed by atoms with E-state index in [1.165, 1.54) is 0 Å². The van der Waals surface area contributed by atoms with E-state index in [1.807, 2.05) is 30.7 Å². The maximum absolute atomic E-state index is 5.82. The molecule has 1 aromatic carbocycles. The minimum absolute atomic E-state index is 0.455. The predicted molar refractivity (Wildman–Crippen MR) is 78.6 cm³/mol. The van der Waals surface area contributed by atoms with Crippen LogP contribution in [-0.2, 0) is 7.05 Å². The van der Waals surface area contributed by atoms with E-state index in [1.54, 1.807) is 14.2 Å². The number of aromatic nitrogens is 2. The van der Waals surface area contributed by atoms with E-state index in [2.05, 4.69) is 20.9 Å². The Kier molecular flexibility index (Phi) is 3.71. The van der Waals surface area contributed by atoms with Gasteiger partial charge in [-0.2, -0.15) is 0 Å². The monoisotopic (exact) mass is 325 g/mol. The highest BCUT2D eigenvalue weighted by Crippen LogP contribution is 2.38. The summed E-state index contributed by atoms with van der Waals surface area (Å²) in [5, 5.41) is 0. The van der Waals surface area contributed by atoms with Crippen LogP contribution < -0.4 is 15.2 Å². The molecule has 102 valence electrons. The number of nitrogens with zero attached hydrogens (tertiary/aromatic N) is 2. The Morgan fingerprint density at radius 1 is 1.21 bits per heavy atom. The molecule has 2 rings (SSSR count). The Bertz CT molecular complexity index is 623. The Morgan fingerprint density at radius 3 is 2.26 bits per heavy atom. The number of nitrogens with two attached hydrogens (primary N) is 1. The van der Waals surface area contributed by atoms with Crippen molar-refractivity contribution >= 4 is 21.9 Å². The zero-order valence-corrected chi connectivity index (χ0v) is 12.9. The molecular formula is C13H16BrN3O2. The fraction of sp³-hybridized carbons (Fsp3) is 0.308. The standard InChI is InChI=1S/C13H16BrN3O2/c1-7-5-9(18-3)10(19-4)6-8(7)11-12(14)16-13(15)17(11)2/h5-6H,1-4H3,(H2,15,16). The van der Waals surface area contributed by atoms with Gasteiger partial charge in [0.2, 0.25) is 5.95 Å². The number of rotatable bonds is 3. The van der Waals surface area contributed by atoms with Crippen LogP contribution in [0.15, 0.2) is 16.7 Å². The summed E-state index contributed by atoms with van der Waals surface area (Å²) in [5.41, 5.74) is 8.79. The first-order chi connectivity index (χ1) is 8.99. The number of methoxy groups -OCH3 is 2. The van der Waals surface area contributed by atoms with E-state index in [9.17, 15) is 0 Å². The van der Waals surface area contributed by atoms with Gasteiger partial charge in [-0.25, -0.2) is 4.98 Å². The van der Waals surface area contributed by atoms with Gasteiger partial charge in [0.25, 0.3) is 0 Å². The molecule has 0 aliphatic heterocycles. The lowest BCUT2D eigenvalue weighted by Crippen LogP contribution is -2.00. The lowest BCUT2D eigenvalue weighted by molar-refractivity contribution is 0.355. The van der Waals surface area contributed by atoms with Crippen LogP contribution in [0.1, 0.15) is 5.56 Å². The maximum atomic E-state index is 5.82. The molecule has 0 unspecified atom stereocenters. The lowest BCUT2D eigenvalue weighted by atomic mass is 10.0. The zero-order valence-electron chi connectivity index (χ0n) is 11.3. The number of imidazole rings is 1. The number of hydrogen-bond donors (Lipinski definition) is 1. The second-order valence-electron chi connectivity index (χ2n) is 4.19. The third-order valence-corrected chi connectivity index (χ3v) is 3.63. The minimum atomic E-state index is 0.455. The number of halogens is 1. The van der Waals surface area contributed by atoms with Crippen molar-refractivity contribution in [2.45, 2.75) is 6.92 Å². The van der Waals surface area contributed by atoms with Crippen molar-refractivity contribution in [3.63, 3.8) is 0 Å². The van der Waals surface area contributed by atoms with Crippen molar-refractivity contribution in [3.8, 4) is 22.8 Å². The van der Waals surface area contributed by atoms with Crippen molar-refractivity contribution in [1.29, 1.82) is 0 Å². The van der Waals surface area contributed by atoms with E-state index in [0.717, 1.165) is 16.8 Å². The molecule has 0 spiro atoms. The van der Waals surface area contributed by atoms with Crippen LogP contribution in [0.25, 0.3) is 11.3 Å². The van der Waals surface area contributed by atoms with Crippen molar-refractivity contribution in [3.05, 3.63) is 22.3 Å². The number of hydrogen-bond acceptors (Lipinski definition) is 4. The largest absolute Gasteiger partial charge is 0.493 e. The summed E-state index contributed by atoms with van der Waals surface area (Å²) in [6, 6.07) is 3.86. The Morgan fingerprint density at radius 2 is 1.79 bits per heavy atom. The number of anilines is 1. The van der Waals surface area contributed by atoms with Crippen LogP contribution in [0.5, 0.6) is 11.5 Å². The fourth-order valence-corrected chi connectivity index (χ4v) is 2.67. The van der Waals surface area contributed by atoms with Crippen molar-refractivity contribution < 1.29 is 9.47 Å². The molecular weight excluding hydrogens is 310 g/mol. The number of ether oxygens (including phenoxy) is 2. The second kappa shape index (κ2) is 5.13. The molecule has 2 N–H and O–H groups in total. The van der Waals surface area contributed by atoms with E-state index in [4.69, 9.17) is 15.2 Å². The predicted octanol–water partition coefficient (Wildman–Crippen LogP) is 2.76. The second-order valence-corrected chi connectivity index (χ2v) is 4.94. The number of aryl methyl sites for hydroxylation is 1. The van der Waals surface area contributed by atoms with Crippen molar-refractivity contribution in [1.82, 2.24) is 9.55 Å². The molecule has 19 heavy (non-hydrogen) atoms. The molecule has 6 heteroatoms. The van der Waals surface area contributed by atoms with Gasteiger partial charge in [-0.3, -0.25) is 0 Å². The highest BCUT2D eigenvalue weighted by molar-refractivity contribution is 9.10. The van der Waals surface area contributed by atoms with Gasteiger partial charge >= 0.3 is 0 Å². The maximum Gasteiger partial charge on any atom is 0.201 e. The SMILES string of the molecule is COc1cc(C)c(-c2c(Br)nc(N)n2C)cc1OC. The molecule has 1 aromatic heterocycles.